The van der Waals surface area contributed by atoms with Crippen LogP contribution in [0.2, 0.25) is 0 Å². The second-order valence-electron chi connectivity index (χ2n) is 7.45. The predicted octanol–water partition coefficient (Wildman–Crippen LogP) is 4.09. The molecule has 0 atom stereocenters. The molecule has 3 heterocycles. The third-order valence-corrected chi connectivity index (χ3v) is 5.40. The molecule has 1 saturated heterocycles. The first kappa shape index (κ1) is 19.1. The third kappa shape index (κ3) is 4.33. The van der Waals surface area contributed by atoms with Gasteiger partial charge in [0.25, 0.3) is 0 Å². The smallest absolute Gasteiger partial charge is 0.128 e. The zero-order valence-corrected chi connectivity index (χ0v) is 17.2. The van der Waals surface area contributed by atoms with Crippen LogP contribution in [0.25, 0.3) is 16.9 Å². The Morgan fingerprint density at radius 1 is 0.774 bits per heavy atom. The highest BCUT2D eigenvalue weighted by molar-refractivity contribution is 5.88. The van der Waals surface area contributed by atoms with E-state index in [-0.39, 0.29) is 0 Å². The average Bonchev–Trinajstić information content (AvgIpc) is 3.29. The van der Waals surface area contributed by atoms with E-state index in [1.165, 1.54) is 0 Å². The predicted molar refractivity (Wildman–Crippen MR) is 125 cm³/mol. The van der Waals surface area contributed by atoms with Crippen LogP contribution in [0.1, 0.15) is 5.56 Å². The van der Waals surface area contributed by atoms with Gasteiger partial charge in [0.05, 0.1) is 25.0 Å². The molecule has 5 rings (SSSR count). The maximum Gasteiger partial charge on any atom is 0.128 e. The van der Waals surface area contributed by atoms with Gasteiger partial charge in [0.15, 0.2) is 0 Å². The quantitative estimate of drug-likeness (QED) is 0.467. The highest BCUT2D eigenvalue weighted by Crippen LogP contribution is 2.22. The van der Waals surface area contributed by atoms with Crippen molar-refractivity contribution >= 4 is 12.0 Å². The average molecular weight is 409 g/mol. The summed E-state index contributed by atoms with van der Waals surface area (Å²) >= 11 is 0. The van der Waals surface area contributed by atoms with Gasteiger partial charge < -0.3 is 4.90 Å². The van der Waals surface area contributed by atoms with Gasteiger partial charge in [-0.25, -0.2) is 9.67 Å². The number of aromatic nitrogens is 3. The van der Waals surface area contributed by atoms with E-state index in [9.17, 15) is 0 Å². The lowest BCUT2D eigenvalue weighted by molar-refractivity contribution is 0.271. The zero-order valence-electron chi connectivity index (χ0n) is 17.2. The van der Waals surface area contributed by atoms with Crippen LogP contribution in [0.3, 0.4) is 0 Å². The molecule has 0 saturated carbocycles. The number of rotatable bonds is 5. The van der Waals surface area contributed by atoms with Crippen molar-refractivity contribution in [3.63, 3.8) is 0 Å². The van der Waals surface area contributed by atoms with Gasteiger partial charge in [0.1, 0.15) is 11.5 Å². The fraction of sp³-hybridized carbons (Fsp3) is 0.160. The van der Waals surface area contributed by atoms with Gasteiger partial charge in [-0.1, -0.05) is 54.6 Å². The number of piperazine rings is 1. The fourth-order valence-corrected chi connectivity index (χ4v) is 3.74. The summed E-state index contributed by atoms with van der Waals surface area (Å²) in [5.74, 6) is 1.03. The molecule has 1 fully saturated rings. The number of benzene rings is 2. The first-order chi connectivity index (χ1) is 15.4. The Labute approximate surface area is 182 Å². The van der Waals surface area contributed by atoms with Crippen LogP contribution < -0.4 is 4.90 Å². The number of anilines is 1. The van der Waals surface area contributed by atoms with Gasteiger partial charge in [-0.3, -0.25) is 5.01 Å². The number of hydrogen-bond donors (Lipinski definition) is 0. The van der Waals surface area contributed by atoms with E-state index in [1.807, 2.05) is 71.8 Å². The molecule has 6 nitrogen and oxygen atoms in total. The Morgan fingerprint density at radius 2 is 1.48 bits per heavy atom. The first-order valence-corrected chi connectivity index (χ1v) is 10.5. The summed E-state index contributed by atoms with van der Waals surface area (Å²) in [4.78, 5) is 6.76. The summed E-state index contributed by atoms with van der Waals surface area (Å²) in [5.41, 5.74) is 4.05. The molecular formula is C25H24N6. The van der Waals surface area contributed by atoms with Crippen molar-refractivity contribution in [1.29, 1.82) is 0 Å². The summed E-state index contributed by atoms with van der Waals surface area (Å²) in [6, 6.07) is 26.5. The molecule has 1 aliphatic rings. The molecule has 2 aromatic carbocycles. The van der Waals surface area contributed by atoms with E-state index in [0.29, 0.717) is 0 Å². The van der Waals surface area contributed by atoms with Gasteiger partial charge in [0.2, 0.25) is 0 Å². The summed E-state index contributed by atoms with van der Waals surface area (Å²) in [6.45, 7) is 3.54. The van der Waals surface area contributed by atoms with Crippen molar-refractivity contribution in [3.05, 3.63) is 96.8 Å². The molecule has 0 aliphatic carbocycles. The van der Waals surface area contributed by atoms with Crippen molar-refractivity contribution < 1.29 is 0 Å². The Morgan fingerprint density at radius 3 is 2.19 bits per heavy atom. The molecule has 4 aromatic rings. The Hall–Kier alpha value is -3.93. The van der Waals surface area contributed by atoms with E-state index in [2.05, 4.69) is 45.2 Å². The maximum absolute atomic E-state index is 4.86. The van der Waals surface area contributed by atoms with E-state index in [1.54, 1.807) is 0 Å². The maximum atomic E-state index is 4.86. The van der Waals surface area contributed by atoms with Crippen molar-refractivity contribution in [2.45, 2.75) is 0 Å². The fourth-order valence-electron chi connectivity index (χ4n) is 3.74. The summed E-state index contributed by atoms with van der Waals surface area (Å²) in [6.07, 6.45) is 5.83. The summed E-state index contributed by atoms with van der Waals surface area (Å²) in [5, 5.41) is 11.8. The standard InChI is InChI=1S/C25H24N6/c1-3-9-21(10-4-1)25-22(20-31(28-25)23-11-5-2-6-12-23)19-27-30-17-15-29(16-18-30)24-13-7-8-14-26-24/h1-14,19-20H,15-18H2/b27-19-. The van der Waals surface area contributed by atoms with E-state index < -0.39 is 0 Å². The Kier molecular flexibility index (Phi) is 5.43. The molecule has 0 radical (unpaired) electrons. The van der Waals surface area contributed by atoms with Gasteiger partial charge in [-0.05, 0) is 24.3 Å². The van der Waals surface area contributed by atoms with Crippen LogP contribution in [-0.4, -0.2) is 52.2 Å². The largest absolute Gasteiger partial charge is 0.353 e. The van der Waals surface area contributed by atoms with Crippen LogP contribution in [0, 0.1) is 0 Å². The molecule has 31 heavy (non-hydrogen) atoms. The highest BCUT2D eigenvalue weighted by Gasteiger charge is 2.17. The van der Waals surface area contributed by atoms with Gasteiger partial charge in [-0.2, -0.15) is 10.2 Å². The molecule has 0 N–H and O–H groups in total. The van der Waals surface area contributed by atoms with E-state index in [0.717, 1.165) is 54.5 Å². The van der Waals surface area contributed by atoms with Gasteiger partial charge in [0, 0.05) is 36.6 Å². The van der Waals surface area contributed by atoms with Crippen LogP contribution in [0.5, 0.6) is 0 Å². The molecule has 0 unspecified atom stereocenters. The molecule has 0 bridgehead atoms. The zero-order chi connectivity index (χ0) is 20.9. The van der Waals surface area contributed by atoms with E-state index >= 15 is 0 Å². The monoisotopic (exact) mass is 408 g/mol. The van der Waals surface area contributed by atoms with Crippen molar-refractivity contribution in [3.8, 4) is 16.9 Å². The number of para-hydroxylation sites is 1. The van der Waals surface area contributed by atoms with Crippen LogP contribution in [0.4, 0.5) is 5.82 Å². The lowest BCUT2D eigenvalue weighted by atomic mass is 10.1. The van der Waals surface area contributed by atoms with Crippen molar-refractivity contribution in [1.82, 2.24) is 19.8 Å². The topological polar surface area (TPSA) is 49.5 Å². The van der Waals surface area contributed by atoms with Gasteiger partial charge >= 0.3 is 0 Å². The van der Waals surface area contributed by atoms with Crippen LogP contribution in [0.15, 0.2) is 96.4 Å². The molecular weight excluding hydrogens is 384 g/mol. The lowest BCUT2D eigenvalue weighted by Crippen LogP contribution is -2.44. The molecule has 6 heteroatoms. The Bertz CT molecular complexity index is 1130. The molecule has 154 valence electrons. The number of hydrogen-bond acceptors (Lipinski definition) is 5. The number of nitrogens with zero attached hydrogens (tertiary/aromatic N) is 6. The number of pyridine rings is 1. The van der Waals surface area contributed by atoms with E-state index in [4.69, 9.17) is 10.2 Å². The molecule has 2 aromatic heterocycles. The third-order valence-electron chi connectivity index (χ3n) is 5.40. The lowest BCUT2D eigenvalue weighted by Gasteiger charge is -2.33. The SMILES string of the molecule is C(=N/N1CCN(c2ccccn2)CC1)/c1cn(-c2ccccc2)nc1-c1ccccc1. The minimum Gasteiger partial charge on any atom is -0.353 e. The minimum atomic E-state index is 0.862. The van der Waals surface area contributed by atoms with Crippen molar-refractivity contribution in [2.75, 3.05) is 31.1 Å². The van der Waals surface area contributed by atoms with Crippen molar-refractivity contribution in [2.24, 2.45) is 5.10 Å². The van der Waals surface area contributed by atoms with Gasteiger partial charge in [-0.15, -0.1) is 0 Å². The van der Waals surface area contributed by atoms with Crippen LogP contribution in [-0.2, 0) is 0 Å². The second kappa shape index (κ2) is 8.83. The Balaban J connectivity index is 1.36. The highest BCUT2D eigenvalue weighted by atomic mass is 15.5. The molecule has 0 amide bonds. The first-order valence-electron chi connectivity index (χ1n) is 10.5. The second-order valence-corrected chi connectivity index (χ2v) is 7.45. The normalized spacial score (nSPS) is 14.3. The number of hydrazone groups is 1. The van der Waals surface area contributed by atoms with Crippen LogP contribution >= 0.6 is 0 Å². The summed E-state index contributed by atoms with van der Waals surface area (Å²) in [7, 11) is 0. The minimum absolute atomic E-state index is 0.862. The summed E-state index contributed by atoms with van der Waals surface area (Å²) < 4.78 is 1.92. The molecule has 1 aliphatic heterocycles. The molecule has 0 spiro atoms.